The fraction of sp³-hybridized carbons (Fsp3) is 0.417. The van der Waals surface area contributed by atoms with Gasteiger partial charge in [0.15, 0.2) is 0 Å². The molecule has 172 valence electrons. The molecule has 0 spiro atoms. The van der Waals surface area contributed by atoms with Gasteiger partial charge in [-0.1, -0.05) is 35.9 Å². The minimum absolute atomic E-state index is 0.00956. The normalized spacial score (nSPS) is 14.9. The molecule has 2 aromatic rings. The first-order valence-electron chi connectivity index (χ1n) is 10.7. The molecule has 1 heterocycles. The van der Waals surface area contributed by atoms with Crippen LogP contribution in [0.25, 0.3) is 0 Å². The summed E-state index contributed by atoms with van der Waals surface area (Å²) in [5.41, 5.74) is 3.68. The number of anilines is 1. The summed E-state index contributed by atoms with van der Waals surface area (Å²) in [6, 6.07) is 10.3. The van der Waals surface area contributed by atoms with E-state index in [2.05, 4.69) is 15.1 Å². The third-order valence-electron chi connectivity index (χ3n) is 5.78. The van der Waals surface area contributed by atoms with Gasteiger partial charge >= 0.3 is 0 Å². The van der Waals surface area contributed by atoms with Crippen molar-refractivity contribution in [1.29, 1.82) is 0 Å². The molecule has 0 aromatic heterocycles. The van der Waals surface area contributed by atoms with E-state index in [1.54, 1.807) is 13.1 Å². The van der Waals surface area contributed by atoms with E-state index in [4.69, 9.17) is 11.6 Å². The number of carbonyl (C=O) groups excluding carboxylic acids is 2. The van der Waals surface area contributed by atoms with Crippen LogP contribution in [0.15, 0.2) is 36.4 Å². The number of hydrogen-bond donors (Lipinski definition) is 1. The molecule has 0 bridgehead atoms. The lowest BCUT2D eigenvalue weighted by atomic mass is 10.1. The summed E-state index contributed by atoms with van der Waals surface area (Å²) in [5.74, 6) is -0.634. The Kier molecular flexibility index (Phi) is 8.23. The lowest BCUT2D eigenvalue weighted by Gasteiger charge is -2.35. The molecule has 3 rings (SSSR count). The number of hydrogen-bond acceptors (Lipinski definition) is 4. The Hall–Kier alpha value is -2.48. The van der Waals surface area contributed by atoms with Gasteiger partial charge in [0.2, 0.25) is 11.8 Å². The molecule has 6 nitrogen and oxygen atoms in total. The topological polar surface area (TPSA) is 55.9 Å². The summed E-state index contributed by atoms with van der Waals surface area (Å²) in [6.45, 7) is 7.89. The highest BCUT2D eigenvalue weighted by molar-refractivity contribution is 6.31. The van der Waals surface area contributed by atoms with E-state index in [1.165, 1.54) is 17.0 Å². The third kappa shape index (κ3) is 6.51. The van der Waals surface area contributed by atoms with Crippen LogP contribution in [0.1, 0.15) is 16.7 Å². The Labute approximate surface area is 193 Å². The van der Waals surface area contributed by atoms with Crippen LogP contribution in [-0.4, -0.2) is 72.8 Å². The number of carbonyl (C=O) groups is 2. The number of amides is 2. The minimum atomic E-state index is -0.339. The van der Waals surface area contributed by atoms with Crippen LogP contribution in [0.5, 0.6) is 0 Å². The highest BCUT2D eigenvalue weighted by atomic mass is 35.5. The predicted octanol–water partition coefficient (Wildman–Crippen LogP) is 3.31. The van der Waals surface area contributed by atoms with Crippen LogP contribution in [0.2, 0.25) is 5.02 Å². The van der Waals surface area contributed by atoms with Gasteiger partial charge in [0, 0.05) is 50.5 Å². The third-order valence-corrected chi connectivity index (χ3v) is 6.14. The maximum Gasteiger partial charge on any atom is 0.243 e. The average Bonchev–Trinajstić information content (AvgIpc) is 2.74. The van der Waals surface area contributed by atoms with Gasteiger partial charge in [-0.15, -0.1) is 0 Å². The summed E-state index contributed by atoms with van der Waals surface area (Å²) in [6.07, 6.45) is 0. The van der Waals surface area contributed by atoms with Gasteiger partial charge < -0.3 is 10.2 Å². The van der Waals surface area contributed by atoms with Crippen molar-refractivity contribution in [3.63, 3.8) is 0 Å². The fourth-order valence-electron chi connectivity index (χ4n) is 3.80. The molecule has 0 atom stereocenters. The average molecular weight is 461 g/mol. The number of benzene rings is 2. The quantitative estimate of drug-likeness (QED) is 0.688. The molecular formula is C24H30ClFN4O2. The van der Waals surface area contributed by atoms with Crippen molar-refractivity contribution in [2.45, 2.75) is 20.4 Å². The molecule has 0 radical (unpaired) electrons. The summed E-state index contributed by atoms with van der Waals surface area (Å²) < 4.78 is 13.2. The molecule has 2 amide bonds. The molecule has 8 heteroatoms. The zero-order valence-electron chi connectivity index (χ0n) is 18.8. The van der Waals surface area contributed by atoms with E-state index in [1.807, 2.05) is 32.0 Å². The summed E-state index contributed by atoms with van der Waals surface area (Å²) in [4.78, 5) is 30.8. The standard InChI is InChI=1S/C24H30ClFN4O2/c1-17-5-4-6-18(2)24(17)27-22(31)15-28(3)23(32)16-30-11-9-29(10-12-30)14-19-7-8-20(26)13-21(19)25/h4-8,13H,9-12,14-16H2,1-3H3,(H,27,31). The second kappa shape index (κ2) is 10.9. The number of para-hydroxylation sites is 1. The number of nitrogens with zero attached hydrogens (tertiary/aromatic N) is 3. The van der Waals surface area contributed by atoms with Crippen LogP contribution in [0.4, 0.5) is 10.1 Å². The van der Waals surface area contributed by atoms with Crippen molar-refractivity contribution >= 4 is 29.1 Å². The van der Waals surface area contributed by atoms with E-state index < -0.39 is 0 Å². The number of aryl methyl sites for hydroxylation is 2. The van der Waals surface area contributed by atoms with Crippen molar-refractivity contribution in [1.82, 2.24) is 14.7 Å². The number of piperazine rings is 1. The first kappa shape index (κ1) is 24.2. The summed E-state index contributed by atoms with van der Waals surface area (Å²) in [7, 11) is 1.65. The van der Waals surface area contributed by atoms with Crippen LogP contribution in [0.3, 0.4) is 0 Å². The maximum absolute atomic E-state index is 13.2. The number of likely N-dealkylation sites (N-methyl/N-ethyl adjacent to an activating group) is 1. The van der Waals surface area contributed by atoms with Gasteiger partial charge in [0.25, 0.3) is 0 Å². The molecule has 1 saturated heterocycles. The first-order chi connectivity index (χ1) is 15.2. The molecule has 32 heavy (non-hydrogen) atoms. The number of halogens is 2. The second-order valence-electron chi connectivity index (χ2n) is 8.35. The Balaban J connectivity index is 1.43. The molecule has 0 aliphatic carbocycles. The molecular weight excluding hydrogens is 431 g/mol. The van der Waals surface area contributed by atoms with Crippen molar-refractivity contribution in [3.05, 3.63) is 63.9 Å². The van der Waals surface area contributed by atoms with E-state index in [0.29, 0.717) is 11.6 Å². The molecule has 1 aliphatic rings. The van der Waals surface area contributed by atoms with Crippen molar-refractivity contribution in [3.8, 4) is 0 Å². The van der Waals surface area contributed by atoms with E-state index in [0.717, 1.165) is 48.6 Å². The maximum atomic E-state index is 13.2. The molecule has 2 aromatic carbocycles. The predicted molar refractivity (Wildman–Crippen MR) is 125 cm³/mol. The van der Waals surface area contributed by atoms with Crippen molar-refractivity contribution in [2.24, 2.45) is 0 Å². The SMILES string of the molecule is Cc1cccc(C)c1NC(=O)CN(C)C(=O)CN1CCN(Cc2ccc(F)cc2Cl)CC1. The molecule has 1 N–H and O–H groups in total. The number of rotatable bonds is 7. The Morgan fingerprint density at radius 2 is 1.69 bits per heavy atom. The zero-order valence-corrected chi connectivity index (χ0v) is 19.6. The summed E-state index contributed by atoms with van der Waals surface area (Å²) >= 11 is 6.13. The van der Waals surface area contributed by atoms with E-state index in [-0.39, 0.29) is 30.7 Å². The van der Waals surface area contributed by atoms with Gasteiger partial charge in [-0.3, -0.25) is 19.4 Å². The highest BCUT2D eigenvalue weighted by Crippen LogP contribution is 2.20. The van der Waals surface area contributed by atoms with Gasteiger partial charge in [0.05, 0.1) is 13.1 Å². The van der Waals surface area contributed by atoms with Gasteiger partial charge in [-0.25, -0.2) is 4.39 Å². The molecule has 0 unspecified atom stereocenters. The second-order valence-corrected chi connectivity index (χ2v) is 8.76. The smallest absolute Gasteiger partial charge is 0.243 e. The van der Waals surface area contributed by atoms with Crippen LogP contribution in [-0.2, 0) is 16.1 Å². The lowest BCUT2D eigenvalue weighted by Crippen LogP contribution is -2.50. The van der Waals surface area contributed by atoms with E-state index in [9.17, 15) is 14.0 Å². The van der Waals surface area contributed by atoms with Crippen molar-refractivity contribution in [2.75, 3.05) is 51.6 Å². The summed E-state index contributed by atoms with van der Waals surface area (Å²) in [5, 5.41) is 3.35. The van der Waals surface area contributed by atoms with Gasteiger partial charge in [0.1, 0.15) is 5.82 Å². The lowest BCUT2D eigenvalue weighted by molar-refractivity contribution is -0.134. The molecule has 0 saturated carbocycles. The monoisotopic (exact) mass is 460 g/mol. The number of nitrogens with one attached hydrogen (secondary N) is 1. The first-order valence-corrected chi connectivity index (χ1v) is 11.1. The van der Waals surface area contributed by atoms with Gasteiger partial charge in [-0.05, 0) is 42.7 Å². The Morgan fingerprint density at radius 3 is 2.31 bits per heavy atom. The van der Waals surface area contributed by atoms with Gasteiger partial charge in [-0.2, -0.15) is 0 Å². The van der Waals surface area contributed by atoms with Crippen LogP contribution >= 0.6 is 11.6 Å². The zero-order chi connectivity index (χ0) is 23.3. The van der Waals surface area contributed by atoms with Crippen molar-refractivity contribution < 1.29 is 14.0 Å². The highest BCUT2D eigenvalue weighted by Gasteiger charge is 2.22. The minimum Gasteiger partial charge on any atom is -0.335 e. The van der Waals surface area contributed by atoms with Crippen LogP contribution in [0, 0.1) is 19.7 Å². The Bertz CT molecular complexity index is 956. The van der Waals surface area contributed by atoms with E-state index >= 15 is 0 Å². The largest absolute Gasteiger partial charge is 0.335 e. The van der Waals surface area contributed by atoms with Crippen LogP contribution < -0.4 is 5.32 Å². The fourth-order valence-corrected chi connectivity index (χ4v) is 4.03. The molecule has 1 fully saturated rings. The Morgan fingerprint density at radius 1 is 1.06 bits per heavy atom. The molecule has 1 aliphatic heterocycles.